The summed E-state index contributed by atoms with van der Waals surface area (Å²) < 4.78 is 0. The molecular weight excluding hydrogens is 338 g/mol. The second-order valence-electron chi connectivity index (χ2n) is 8.25. The highest BCUT2D eigenvalue weighted by molar-refractivity contribution is 5.94. The number of piperidine rings is 1. The normalized spacial score (nSPS) is 19.6. The monoisotopic (exact) mass is 371 g/mol. The molecule has 148 valence electrons. The fraction of sp³-hybridized carbons (Fsp3) is 0.636. The van der Waals surface area contributed by atoms with Gasteiger partial charge in [0.15, 0.2) is 5.78 Å². The SMILES string of the molecule is CC(=O)c1ccc(N2CCC(CC(=O)N3CCN(C(C)C)CC3)CC2)cc1. The number of piperazine rings is 1. The van der Waals surface area contributed by atoms with Gasteiger partial charge in [-0.25, -0.2) is 0 Å². The van der Waals surface area contributed by atoms with Crippen LogP contribution in [-0.4, -0.2) is 66.8 Å². The van der Waals surface area contributed by atoms with Crippen molar-refractivity contribution in [2.45, 2.75) is 46.1 Å². The number of rotatable bonds is 5. The molecule has 2 fully saturated rings. The molecule has 2 aliphatic rings. The number of ketones is 1. The quantitative estimate of drug-likeness (QED) is 0.746. The first-order valence-electron chi connectivity index (χ1n) is 10.3. The number of amides is 1. The maximum atomic E-state index is 12.7. The molecule has 1 aromatic carbocycles. The van der Waals surface area contributed by atoms with Gasteiger partial charge in [0.2, 0.25) is 5.91 Å². The molecule has 5 heteroatoms. The topological polar surface area (TPSA) is 43.9 Å². The van der Waals surface area contributed by atoms with Crippen LogP contribution in [-0.2, 0) is 4.79 Å². The van der Waals surface area contributed by atoms with Crippen LogP contribution in [0.25, 0.3) is 0 Å². The van der Waals surface area contributed by atoms with E-state index in [-0.39, 0.29) is 5.78 Å². The molecule has 0 saturated carbocycles. The zero-order valence-electron chi connectivity index (χ0n) is 17.0. The van der Waals surface area contributed by atoms with E-state index in [0.29, 0.717) is 24.3 Å². The van der Waals surface area contributed by atoms with E-state index >= 15 is 0 Å². The third kappa shape index (κ3) is 5.10. The molecule has 1 aromatic rings. The summed E-state index contributed by atoms with van der Waals surface area (Å²) in [6, 6.07) is 8.46. The minimum absolute atomic E-state index is 0.105. The van der Waals surface area contributed by atoms with Crippen LogP contribution in [0.4, 0.5) is 5.69 Å². The number of hydrogen-bond donors (Lipinski definition) is 0. The number of carbonyl (C=O) groups excluding carboxylic acids is 2. The smallest absolute Gasteiger partial charge is 0.222 e. The average molecular weight is 372 g/mol. The lowest BCUT2D eigenvalue weighted by Crippen LogP contribution is -2.51. The first-order chi connectivity index (χ1) is 12.9. The number of hydrogen-bond acceptors (Lipinski definition) is 4. The third-order valence-corrected chi connectivity index (χ3v) is 6.11. The Morgan fingerprint density at radius 3 is 2.07 bits per heavy atom. The Morgan fingerprint density at radius 1 is 0.963 bits per heavy atom. The van der Waals surface area contributed by atoms with E-state index in [0.717, 1.165) is 57.7 Å². The summed E-state index contributed by atoms with van der Waals surface area (Å²) in [4.78, 5) is 30.9. The van der Waals surface area contributed by atoms with Gasteiger partial charge in [-0.2, -0.15) is 0 Å². The minimum atomic E-state index is 0.105. The van der Waals surface area contributed by atoms with Crippen molar-refractivity contribution >= 4 is 17.4 Å². The van der Waals surface area contributed by atoms with E-state index in [2.05, 4.69) is 28.5 Å². The van der Waals surface area contributed by atoms with Gasteiger partial charge in [-0.05, 0) is 63.8 Å². The van der Waals surface area contributed by atoms with Crippen LogP contribution in [0.3, 0.4) is 0 Å². The Hall–Kier alpha value is -1.88. The van der Waals surface area contributed by atoms with Gasteiger partial charge in [-0.15, -0.1) is 0 Å². The summed E-state index contributed by atoms with van der Waals surface area (Å²) in [5, 5.41) is 0. The summed E-state index contributed by atoms with van der Waals surface area (Å²) in [7, 11) is 0. The van der Waals surface area contributed by atoms with Crippen molar-refractivity contribution in [2.24, 2.45) is 5.92 Å². The van der Waals surface area contributed by atoms with E-state index in [1.165, 1.54) is 5.69 Å². The summed E-state index contributed by atoms with van der Waals surface area (Å²) in [6.45, 7) is 11.8. The minimum Gasteiger partial charge on any atom is -0.372 e. The van der Waals surface area contributed by atoms with Crippen molar-refractivity contribution in [3.8, 4) is 0 Å². The second kappa shape index (κ2) is 8.87. The van der Waals surface area contributed by atoms with Crippen molar-refractivity contribution in [3.05, 3.63) is 29.8 Å². The lowest BCUT2D eigenvalue weighted by atomic mass is 9.92. The van der Waals surface area contributed by atoms with Crippen LogP contribution in [0, 0.1) is 5.92 Å². The average Bonchev–Trinajstić information content (AvgIpc) is 2.68. The van der Waals surface area contributed by atoms with Crippen molar-refractivity contribution in [2.75, 3.05) is 44.2 Å². The van der Waals surface area contributed by atoms with E-state index < -0.39 is 0 Å². The number of Topliss-reactive ketones (excluding diaryl/α,β-unsaturated/α-hetero) is 1. The molecule has 1 amide bonds. The molecule has 2 saturated heterocycles. The molecule has 0 aliphatic carbocycles. The highest BCUT2D eigenvalue weighted by Crippen LogP contribution is 2.26. The molecule has 0 unspecified atom stereocenters. The molecule has 0 N–H and O–H groups in total. The zero-order valence-corrected chi connectivity index (χ0v) is 17.0. The summed E-state index contributed by atoms with van der Waals surface area (Å²) in [5.74, 6) is 0.934. The van der Waals surface area contributed by atoms with Crippen LogP contribution >= 0.6 is 0 Å². The van der Waals surface area contributed by atoms with Gasteiger partial charge < -0.3 is 9.80 Å². The number of nitrogens with zero attached hydrogens (tertiary/aromatic N) is 3. The fourth-order valence-electron chi connectivity index (χ4n) is 4.17. The van der Waals surface area contributed by atoms with E-state index in [1.807, 2.05) is 24.3 Å². The van der Waals surface area contributed by atoms with Gasteiger partial charge >= 0.3 is 0 Å². The maximum absolute atomic E-state index is 12.7. The van der Waals surface area contributed by atoms with Crippen molar-refractivity contribution in [1.82, 2.24) is 9.80 Å². The van der Waals surface area contributed by atoms with Gasteiger partial charge in [0.25, 0.3) is 0 Å². The molecular formula is C22H33N3O2. The Labute approximate surface area is 163 Å². The van der Waals surface area contributed by atoms with Crippen molar-refractivity contribution < 1.29 is 9.59 Å². The molecule has 2 aliphatic heterocycles. The first kappa shape index (κ1) is 19.9. The zero-order chi connectivity index (χ0) is 19.4. The van der Waals surface area contributed by atoms with Crippen LogP contribution in [0.15, 0.2) is 24.3 Å². The van der Waals surface area contributed by atoms with E-state index in [9.17, 15) is 9.59 Å². The molecule has 27 heavy (non-hydrogen) atoms. The van der Waals surface area contributed by atoms with Crippen LogP contribution in [0.1, 0.15) is 50.4 Å². The van der Waals surface area contributed by atoms with E-state index in [4.69, 9.17) is 0 Å². The molecule has 0 atom stereocenters. The lowest BCUT2D eigenvalue weighted by Gasteiger charge is -2.38. The maximum Gasteiger partial charge on any atom is 0.222 e. The van der Waals surface area contributed by atoms with Gasteiger partial charge in [0.1, 0.15) is 0 Å². The summed E-state index contributed by atoms with van der Waals surface area (Å²) >= 11 is 0. The van der Waals surface area contributed by atoms with Crippen LogP contribution in [0.5, 0.6) is 0 Å². The number of anilines is 1. The first-order valence-corrected chi connectivity index (χ1v) is 10.3. The molecule has 5 nitrogen and oxygen atoms in total. The third-order valence-electron chi connectivity index (χ3n) is 6.11. The highest BCUT2D eigenvalue weighted by Gasteiger charge is 2.26. The van der Waals surface area contributed by atoms with E-state index in [1.54, 1.807) is 6.92 Å². The van der Waals surface area contributed by atoms with Crippen molar-refractivity contribution in [3.63, 3.8) is 0 Å². The molecule has 2 heterocycles. The predicted molar refractivity (Wildman–Crippen MR) is 109 cm³/mol. The van der Waals surface area contributed by atoms with Crippen LogP contribution in [0.2, 0.25) is 0 Å². The van der Waals surface area contributed by atoms with Gasteiger partial charge in [0, 0.05) is 63.0 Å². The lowest BCUT2D eigenvalue weighted by molar-refractivity contribution is -0.134. The highest BCUT2D eigenvalue weighted by atomic mass is 16.2. The predicted octanol–water partition coefficient (Wildman–Crippen LogP) is 3.05. The van der Waals surface area contributed by atoms with Gasteiger partial charge in [-0.3, -0.25) is 14.5 Å². The second-order valence-corrected chi connectivity index (χ2v) is 8.25. The Balaban J connectivity index is 1.44. The molecule has 3 rings (SSSR count). The van der Waals surface area contributed by atoms with Crippen molar-refractivity contribution in [1.29, 1.82) is 0 Å². The summed E-state index contributed by atoms with van der Waals surface area (Å²) in [5.41, 5.74) is 1.94. The number of carbonyl (C=O) groups is 2. The fourth-order valence-corrected chi connectivity index (χ4v) is 4.17. The summed E-state index contributed by atoms with van der Waals surface area (Å²) in [6.07, 6.45) is 2.82. The molecule has 0 aromatic heterocycles. The Bertz CT molecular complexity index is 640. The standard InChI is InChI=1S/C22H33N3O2/c1-17(2)23-12-14-25(15-13-23)22(27)16-19-8-10-24(11-9-19)21-6-4-20(5-7-21)18(3)26/h4-7,17,19H,8-16H2,1-3H3. The Morgan fingerprint density at radius 2 is 1.56 bits per heavy atom. The largest absolute Gasteiger partial charge is 0.372 e. The van der Waals surface area contributed by atoms with Gasteiger partial charge in [-0.1, -0.05) is 0 Å². The molecule has 0 bridgehead atoms. The number of benzene rings is 1. The van der Waals surface area contributed by atoms with Crippen LogP contribution < -0.4 is 4.90 Å². The van der Waals surface area contributed by atoms with Gasteiger partial charge in [0.05, 0.1) is 0 Å². The Kier molecular flexibility index (Phi) is 6.53. The molecule has 0 spiro atoms. The molecule has 0 radical (unpaired) electrons.